The molecule has 2 aromatic rings. The number of carbonyl (C=O) groups is 1. The normalized spacial score (nSPS) is 20.3. The summed E-state index contributed by atoms with van der Waals surface area (Å²) in [6, 6.07) is 15.5. The number of halogens is 3. The van der Waals surface area contributed by atoms with Crippen LogP contribution in [0.15, 0.2) is 59.1 Å². The molecule has 0 heterocycles. The molecule has 3 rings (SSSR count). The summed E-state index contributed by atoms with van der Waals surface area (Å²) in [7, 11) is 0. The molecule has 1 aliphatic rings. The van der Waals surface area contributed by atoms with Gasteiger partial charge < -0.3 is 4.74 Å². The van der Waals surface area contributed by atoms with Crippen LogP contribution in [0, 0.1) is 17.3 Å². The molecule has 136 valence electrons. The van der Waals surface area contributed by atoms with Gasteiger partial charge >= 0.3 is 5.97 Å². The van der Waals surface area contributed by atoms with Crippen molar-refractivity contribution in [3.05, 3.63) is 69.7 Å². The minimum Gasteiger partial charge on any atom is -0.461 e. The van der Waals surface area contributed by atoms with E-state index in [1.807, 2.05) is 62.4 Å². The van der Waals surface area contributed by atoms with Gasteiger partial charge in [-0.15, -0.1) is 0 Å². The van der Waals surface area contributed by atoms with Crippen molar-refractivity contribution in [2.75, 3.05) is 0 Å². The number of rotatable bonds is 5. The van der Waals surface area contributed by atoms with Gasteiger partial charge in [0.1, 0.15) is 11.1 Å². The summed E-state index contributed by atoms with van der Waals surface area (Å²) in [5.74, 6) is -0.428. The Kier molecular flexibility index (Phi) is 5.67. The van der Waals surface area contributed by atoms with Crippen molar-refractivity contribution in [1.29, 1.82) is 0 Å². The van der Waals surface area contributed by atoms with E-state index in [1.165, 1.54) is 0 Å². The number of hydrogen-bond donors (Lipinski definition) is 0. The Hall–Kier alpha value is -1.48. The van der Waals surface area contributed by atoms with E-state index in [0.29, 0.717) is 5.02 Å². The van der Waals surface area contributed by atoms with Crippen LogP contribution >= 0.6 is 34.8 Å². The molecule has 0 saturated heterocycles. The Morgan fingerprint density at radius 2 is 1.77 bits per heavy atom. The van der Waals surface area contributed by atoms with Crippen molar-refractivity contribution in [3.8, 4) is 11.1 Å². The highest BCUT2D eigenvalue weighted by atomic mass is 35.5. The lowest BCUT2D eigenvalue weighted by molar-refractivity contribution is -0.147. The smallest absolute Gasteiger partial charge is 0.310 e. The summed E-state index contributed by atoms with van der Waals surface area (Å²) >= 11 is 17.5. The third kappa shape index (κ3) is 4.25. The summed E-state index contributed by atoms with van der Waals surface area (Å²) in [6.07, 6.45) is 1.72. The summed E-state index contributed by atoms with van der Waals surface area (Å²) in [4.78, 5) is 12.4. The van der Waals surface area contributed by atoms with Crippen molar-refractivity contribution in [1.82, 2.24) is 0 Å². The molecule has 0 radical (unpaired) electrons. The molecule has 2 aromatic carbocycles. The molecule has 0 aromatic heterocycles. The maximum absolute atomic E-state index is 12.4. The lowest BCUT2D eigenvalue weighted by atomic mass is 10.0. The molecule has 0 spiro atoms. The average Bonchev–Trinajstić information content (AvgIpc) is 3.12. The first kappa shape index (κ1) is 19.3. The van der Waals surface area contributed by atoms with Gasteiger partial charge in [-0.25, -0.2) is 0 Å². The number of esters is 1. The topological polar surface area (TPSA) is 26.3 Å². The van der Waals surface area contributed by atoms with Crippen molar-refractivity contribution >= 4 is 40.8 Å². The van der Waals surface area contributed by atoms with Gasteiger partial charge in [-0.3, -0.25) is 4.79 Å². The van der Waals surface area contributed by atoms with E-state index >= 15 is 0 Å². The molecular weight excluding hydrogens is 391 g/mol. The molecule has 0 N–H and O–H groups in total. The number of benzene rings is 2. The Morgan fingerprint density at radius 3 is 2.42 bits per heavy atom. The van der Waals surface area contributed by atoms with E-state index in [2.05, 4.69) is 0 Å². The fraction of sp³-hybridized carbons (Fsp3) is 0.286. The number of hydrogen-bond acceptors (Lipinski definition) is 2. The SMILES string of the molecule is CC1(C)[C@@H](C=C(Cl)Cl)[C@@H]1C(=O)OCc1cccc(-c2cccc(Cl)c2)c1. The van der Waals surface area contributed by atoms with E-state index in [9.17, 15) is 4.79 Å². The molecular formula is C21H19Cl3O2. The van der Waals surface area contributed by atoms with Crippen LogP contribution in [0.2, 0.25) is 5.02 Å². The number of carbonyl (C=O) groups excluding carboxylic acids is 1. The number of allylic oxidation sites excluding steroid dienone is 1. The average molecular weight is 410 g/mol. The van der Waals surface area contributed by atoms with Crippen LogP contribution in [0.5, 0.6) is 0 Å². The van der Waals surface area contributed by atoms with E-state index < -0.39 is 0 Å². The Morgan fingerprint density at radius 1 is 1.12 bits per heavy atom. The van der Waals surface area contributed by atoms with Gasteiger partial charge in [0.25, 0.3) is 0 Å². The highest BCUT2D eigenvalue weighted by Gasteiger charge is 2.61. The summed E-state index contributed by atoms with van der Waals surface area (Å²) in [5, 5.41) is 0.687. The zero-order chi connectivity index (χ0) is 18.9. The summed E-state index contributed by atoms with van der Waals surface area (Å²) < 4.78 is 5.72. The highest BCUT2D eigenvalue weighted by Crippen LogP contribution is 2.60. The zero-order valence-corrected chi connectivity index (χ0v) is 16.8. The van der Waals surface area contributed by atoms with Gasteiger partial charge in [-0.1, -0.05) is 79.0 Å². The van der Waals surface area contributed by atoms with Crippen LogP contribution < -0.4 is 0 Å². The Labute approximate surface area is 168 Å². The third-order valence-corrected chi connectivity index (χ3v) is 5.42. The molecule has 5 heteroatoms. The molecule has 0 aliphatic heterocycles. The summed E-state index contributed by atoms with van der Waals surface area (Å²) in [5.41, 5.74) is 2.80. The van der Waals surface area contributed by atoms with Gasteiger partial charge in [0.05, 0.1) is 5.92 Å². The summed E-state index contributed by atoms with van der Waals surface area (Å²) in [6.45, 7) is 4.25. The van der Waals surface area contributed by atoms with Crippen molar-refractivity contribution in [3.63, 3.8) is 0 Å². The van der Waals surface area contributed by atoms with Gasteiger partial charge in [0.2, 0.25) is 0 Å². The molecule has 1 aliphatic carbocycles. The third-order valence-electron chi connectivity index (χ3n) is 4.94. The van der Waals surface area contributed by atoms with E-state index in [1.54, 1.807) is 6.08 Å². The first-order chi connectivity index (χ1) is 12.3. The second kappa shape index (κ2) is 7.64. The molecule has 0 unspecified atom stereocenters. The minimum atomic E-state index is -0.223. The zero-order valence-electron chi connectivity index (χ0n) is 14.5. The van der Waals surface area contributed by atoms with Crippen LogP contribution in [-0.2, 0) is 16.1 Å². The molecule has 2 nitrogen and oxygen atoms in total. The standard InChI is InChI=1S/C21H19Cl3O2/c1-21(2)17(11-18(23)24)19(21)20(25)26-12-13-5-3-6-14(9-13)15-7-4-8-16(22)10-15/h3-11,17,19H,12H2,1-2H3/t17-,19+/m0/s1. The highest BCUT2D eigenvalue weighted by molar-refractivity contribution is 6.55. The van der Waals surface area contributed by atoms with Gasteiger partial charge in [0, 0.05) is 5.02 Å². The van der Waals surface area contributed by atoms with Crippen molar-refractivity contribution in [2.24, 2.45) is 17.3 Å². The molecule has 1 fully saturated rings. The second-order valence-electron chi connectivity index (χ2n) is 7.10. The van der Waals surface area contributed by atoms with Crippen LogP contribution in [0.3, 0.4) is 0 Å². The van der Waals surface area contributed by atoms with Crippen LogP contribution in [0.1, 0.15) is 19.4 Å². The fourth-order valence-corrected chi connectivity index (χ4v) is 3.79. The Balaban J connectivity index is 1.66. The van der Waals surface area contributed by atoms with E-state index in [0.717, 1.165) is 16.7 Å². The molecule has 0 amide bonds. The van der Waals surface area contributed by atoms with E-state index in [4.69, 9.17) is 39.5 Å². The van der Waals surface area contributed by atoms with Crippen LogP contribution in [-0.4, -0.2) is 5.97 Å². The molecule has 1 saturated carbocycles. The minimum absolute atomic E-state index is 0.0118. The quantitative estimate of drug-likeness (QED) is 0.517. The van der Waals surface area contributed by atoms with Crippen LogP contribution in [0.4, 0.5) is 0 Å². The number of ether oxygens (including phenoxy) is 1. The lowest BCUT2D eigenvalue weighted by Gasteiger charge is -2.08. The predicted octanol–water partition coefficient (Wildman–Crippen LogP) is 6.64. The van der Waals surface area contributed by atoms with E-state index in [-0.39, 0.29) is 34.3 Å². The first-order valence-electron chi connectivity index (χ1n) is 8.33. The largest absolute Gasteiger partial charge is 0.461 e. The van der Waals surface area contributed by atoms with Crippen LogP contribution in [0.25, 0.3) is 11.1 Å². The molecule has 26 heavy (non-hydrogen) atoms. The monoisotopic (exact) mass is 408 g/mol. The molecule has 0 bridgehead atoms. The van der Waals surface area contributed by atoms with Gasteiger partial charge in [0.15, 0.2) is 0 Å². The first-order valence-corrected chi connectivity index (χ1v) is 9.47. The predicted molar refractivity (Wildman–Crippen MR) is 107 cm³/mol. The Bertz CT molecular complexity index is 854. The maximum atomic E-state index is 12.4. The van der Waals surface area contributed by atoms with Gasteiger partial charge in [-0.05, 0) is 52.3 Å². The maximum Gasteiger partial charge on any atom is 0.310 e. The lowest BCUT2D eigenvalue weighted by Crippen LogP contribution is -2.10. The second-order valence-corrected chi connectivity index (χ2v) is 8.54. The molecule has 2 atom stereocenters. The van der Waals surface area contributed by atoms with Crippen molar-refractivity contribution < 1.29 is 9.53 Å². The van der Waals surface area contributed by atoms with Gasteiger partial charge in [-0.2, -0.15) is 0 Å². The van der Waals surface area contributed by atoms with Crippen molar-refractivity contribution in [2.45, 2.75) is 20.5 Å². The fourth-order valence-electron chi connectivity index (χ4n) is 3.33.